The summed E-state index contributed by atoms with van der Waals surface area (Å²) in [5.41, 5.74) is 1.73. The molecule has 12 heteroatoms. The van der Waals surface area contributed by atoms with Crippen molar-refractivity contribution < 1.29 is 27.5 Å². The summed E-state index contributed by atoms with van der Waals surface area (Å²) in [7, 11) is 3.52. The summed E-state index contributed by atoms with van der Waals surface area (Å²) in [6.07, 6.45) is 0.751. The van der Waals surface area contributed by atoms with Crippen LogP contribution < -0.4 is 15.4 Å². The fourth-order valence-corrected chi connectivity index (χ4v) is 4.88. The number of rotatable bonds is 8. The third-order valence-electron chi connectivity index (χ3n) is 6.99. The second-order valence-electron chi connectivity index (χ2n) is 10.7. The van der Waals surface area contributed by atoms with Crippen LogP contribution in [-0.4, -0.2) is 41.8 Å². The van der Waals surface area contributed by atoms with Crippen LogP contribution in [0.4, 0.5) is 19.0 Å². The Bertz CT molecular complexity index is 1430. The fourth-order valence-electron chi connectivity index (χ4n) is 4.88. The Morgan fingerprint density at radius 3 is 2.40 bits per heavy atom. The average molecular weight is 626 g/mol. The van der Waals surface area contributed by atoms with E-state index in [0.29, 0.717) is 35.7 Å². The van der Waals surface area contributed by atoms with Crippen molar-refractivity contribution in [3.8, 4) is 11.5 Å². The Morgan fingerprint density at radius 2 is 1.71 bits per heavy atom. The molecule has 226 valence electrons. The molecule has 1 saturated carbocycles. The van der Waals surface area contributed by atoms with Gasteiger partial charge in [0.15, 0.2) is 0 Å². The smallest absolute Gasteiger partial charge is 0.416 e. The third-order valence-corrected chi connectivity index (χ3v) is 6.99. The zero-order valence-electron chi connectivity index (χ0n) is 23.2. The average Bonchev–Trinajstić information content (AvgIpc) is 3.73. The van der Waals surface area contributed by atoms with Gasteiger partial charge in [0.05, 0.1) is 5.56 Å². The number of hydrogen-bond donors (Lipinski definition) is 2. The number of ether oxygens (including phenoxy) is 1. The number of fused-ring (bicyclic) bond motifs is 1. The van der Waals surface area contributed by atoms with Gasteiger partial charge in [0.25, 0.3) is 5.91 Å². The SMILES string of the molecule is CN(C)Cc1cc(C(=O)N[C@@H]2CCc3ccc(Oc4ccnc(NC(=O)C5CC5)c4)cc3C2)cc(C(F)(F)F)c1.Cl.Cl. The van der Waals surface area contributed by atoms with Gasteiger partial charge in [-0.3, -0.25) is 9.59 Å². The lowest BCUT2D eigenvalue weighted by Crippen LogP contribution is -2.39. The first-order chi connectivity index (χ1) is 19.0. The van der Waals surface area contributed by atoms with E-state index in [1.54, 1.807) is 37.3 Å². The van der Waals surface area contributed by atoms with Crippen LogP contribution in [0.5, 0.6) is 11.5 Å². The number of carbonyl (C=O) groups excluding carboxylic acids is 2. The highest BCUT2D eigenvalue weighted by Gasteiger charge is 2.32. The van der Waals surface area contributed by atoms with Crippen LogP contribution in [0.2, 0.25) is 0 Å². The topological polar surface area (TPSA) is 83.6 Å². The molecular formula is C30H33Cl2F3N4O3. The molecule has 7 nitrogen and oxygen atoms in total. The molecule has 0 aliphatic heterocycles. The molecule has 2 N–H and O–H groups in total. The summed E-state index contributed by atoms with van der Waals surface area (Å²) in [6, 6.07) is 12.4. The number of halogens is 5. The molecule has 0 spiro atoms. The number of nitrogens with one attached hydrogen (secondary N) is 2. The summed E-state index contributed by atoms with van der Waals surface area (Å²) in [5, 5.41) is 5.74. The van der Waals surface area contributed by atoms with Crippen molar-refractivity contribution in [2.24, 2.45) is 5.92 Å². The number of benzene rings is 2. The largest absolute Gasteiger partial charge is 0.457 e. The van der Waals surface area contributed by atoms with Crippen LogP contribution in [-0.2, 0) is 30.4 Å². The van der Waals surface area contributed by atoms with E-state index in [1.807, 2.05) is 18.2 Å². The lowest BCUT2D eigenvalue weighted by molar-refractivity contribution is -0.137. The summed E-state index contributed by atoms with van der Waals surface area (Å²) in [5.74, 6) is 1.06. The van der Waals surface area contributed by atoms with Gasteiger partial charge in [-0.15, -0.1) is 24.8 Å². The highest BCUT2D eigenvalue weighted by molar-refractivity contribution is 5.95. The second kappa shape index (κ2) is 13.8. The maximum absolute atomic E-state index is 13.5. The van der Waals surface area contributed by atoms with Crippen LogP contribution in [0.25, 0.3) is 0 Å². The molecule has 0 bridgehead atoms. The summed E-state index contributed by atoms with van der Waals surface area (Å²) >= 11 is 0. The van der Waals surface area contributed by atoms with Crippen LogP contribution in [0.3, 0.4) is 0 Å². The van der Waals surface area contributed by atoms with Gasteiger partial charge in [-0.05, 0) is 99.3 Å². The number of pyridine rings is 1. The number of nitrogens with zero attached hydrogens (tertiary/aromatic N) is 2. The van der Waals surface area contributed by atoms with Gasteiger partial charge in [-0.2, -0.15) is 13.2 Å². The molecule has 0 saturated heterocycles. The molecule has 1 fully saturated rings. The van der Waals surface area contributed by atoms with Crippen LogP contribution in [0, 0.1) is 5.92 Å². The van der Waals surface area contributed by atoms with Crippen molar-refractivity contribution in [2.45, 2.75) is 50.9 Å². The van der Waals surface area contributed by atoms with Gasteiger partial charge >= 0.3 is 6.18 Å². The van der Waals surface area contributed by atoms with Gasteiger partial charge in [-0.1, -0.05) is 6.07 Å². The van der Waals surface area contributed by atoms with E-state index in [9.17, 15) is 22.8 Å². The summed E-state index contributed by atoms with van der Waals surface area (Å²) in [6.45, 7) is 0.287. The number of hydrogen-bond acceptors (Lipinski definition) is 5. The quantitative estimate of drug-likeness (QED) is 0.302. The van der Waals surface area contributed by atoms with E-state index in [-0.39, 0.29) is 54.8 Å². The van der Waals surface area contributed by atoms with E-state index in [4.69, 9.17) is 4.74 Å². The number of amides is 2. The molecular weight excluding hydrogens is 592 g/mol. The van der Waals surface area contributed by atoms with Crippen molar-refractivity contribution >= 4 is 42.4 Å². The van der Waals surface area contributed by atoms with Crippen molar-refractivity contribution in [1.29, 1.82) is 0 Å². The maximum Gasteiger partial charge on any atom is 0.416 e. The van der Waals surface area contributed by atoms with Crippen LogP contribution in [0.1, 0.15) is 51.9 Å². The van der Waals surface area contributed by atoms with Crippen LogP contribution in [0.15, 0.2) is 54.7 Å². The molecule has 2 amide bonds. The van der Waals surface area contributed by atoms with Gasteiger partial charge in [0, 0.05) is 36.3 Å². The number of anilines is 1. The predicted molar refractivity (Wildman–Crippen MR) is 159 cm³/mol. The first kappa shape index (κ1) is 33.2. The Morgan fingerprint density at radius 1 is 0.976 bits per heavy atom. The highest BCUT2D eigenvalue weighted by atomic mass is 35.5. The number of carbonyl (C=O) groups is 2. The normalized spacial score (nSPS) is 16.0. The molecule has 2 aromatic carbocycles. The zero-order chi connectivity index (χ0) is 28.4. The minimum Gasteiger partial charge on any atom is -0.457 e. The number of alkyl halides is 3. The summed E-state index contributed by atoms with van der Waals surface area (Å²) in [4.78, 5) is 31.0. The van der Waals surface area contributed by atoms with Crippen molar-refractivity contribution in [2.75, 3.05) is 19.4 Å². The minimum atomic E-state index is -4.55. The molecule has 1 aromatic heterocycles. The second-order valence-corrected chi connectivity index (χ2v) is 10.7. The molecule has 3 aromatic rings. The standard InChI is InChI=1S/C30H31F3N4O3.2ClH/c1-37(2)17-18-11-22(13-23(12-18)30(31,32)33)29(39)35-24-7-5-19-6-8-25(15-21(19)14-24)40-26-9-10-34-27(16-26)36-28(38)20-3-4-20;;/h6,8-13,15-16,20,24H,3-5,7,14,17H2,1-2H3,(H,35,39)(H,34,36,38);2*1H/t24-;;/m1../s1. The monoisotopic (exact) mass is 624 g/mol. The lowest BCUT2D eigenvalue weighted by Gasteiger charge is -2.26. The molecule has 42 heavy (non-hydrogen) atoms. The Kier molecular flexibility index (Phi) is 10.9. The predicted octanol–water partition coefficient (Wildman–Crippen LogP) is 6.43. The van der Waals surface area contributed by atoms with Crippen molar-refractivity contribution in [3.05, 3.63) is 82.5 Å². The minimum absolute atomic E-state index is 0. The van der Waals surface area contributed by atoms with Gasteiger partial charge in [0.1, 0.15) is 17.3 Å². The Hall–Kier alpha value is -3.34. The number of aryl methyl sites for hydroxylation is 1. The lowest BCUT2D eigenvalue weighted by atomic mass is 9.88. The van der Waals surface area contributed by atoms with Gasteiger partial charge in [-0.25, -0.2) is 4.98 Å². The fraction of sp³-hybridized carbons (Fsp3) is 0.367. The Labute approximate surface area is 255 Å². The molecule has 2 aliphatic rings. The number of aromatic nitrogens is 1. The van der Waals surface area contributed by atoms with Crippen molar-refractivity contribution in [1.82, 2.24) is 15.2 Å². The van der Waals surface area contributed by atoms with Gasteiger partial charge < -0.3 is 20.3 Å². The first-order valence-corrected chi connectivity index (χ1v) is 13.3. The molecule has 1 atom stereocenters. The highest BCUT2D eigenvalue weighted by Crippen LogP contribution is 2.33. The van der Waals surface area contributed by atoms with E-state index in [1.165, 1.54) is 6.07 Å². The maximum atomic E-state index is 13.5. The first-order valence-electron chi connectivity index (χ1n) is 13.3. The van der Waals surface area contributed by atoms with E-state index < -0.39 is 17.6 Å². The molecule has 1 heterocycles. The molecule has 2 aliphatic carbocycles. The third kappa shape index (κ3) is 8.59. The Balaban J connectivity index is 0.00000242. The zero-order valence-corrected chi connectivity index (χ0v) is 24.8. The van der Waals surface area contributed by atoms with Gasteiger partial charge in [0.2, 0.25) is 5.91 Å². The molecule has 5 rings (SSSR count). The van der Waals surface area contributed by atoms with E-state index in [0.717, 1.165) is 42.5 Å². The molecule has 0 radical (unpaired) electrons. The van der Waals surface area contributed by atoms with E-state index >= 15 is 0 Å². The van der Waals surface area contributed by atoms with Crippen molar-refractivity contribution in [3.63, 3.8) is 0 Å². The molecule has 0 unspecified atom stereocenters. The van der Waals surface area contributed by atoms with Crippen LogP contribution >= 0.6 is 24.8 Å². The van der Waals surface area contributed by atoms with E-state index in [2.05, 4.69) is 15.6 Å². The summed E-state index contributed by atoms with van der Waals surface area (Å²) < 4.78 is 46.5.